The van der Waals surface area contributed by atoms with Crippen LogP contribution in [0.15, 0.2) is 36.4 Å². The number of hydrogen-bond acceptors (Lipinski definition) is 2. The molecular weight excluding hydrogens is 374 g/mol. The minimum atomic E-state index is -1.01. The van der Waals surface area contributed by atoms with Gasteiger partial charge in [-0.3, -0.25) is 0 Å². The highest BCUT2D eigenvalue weighted by Crippen LogP contribution is 2.21. The summed E-state index contributed by atoms with van der Waals surface area (Å²) in [6.07, 6.45) is 0. The molecule has 0 spiro atoms. The number of carboxylic acid groups (broad SMARTS) is 1. The molecule has 2 aromatic rings. The Labute approximate surface area is 128 Å². The Morgan fingerprint density at radius 1 is 1.15 bits per heavy atom. The number of phenolic OH excluding ortho intramolecular Hbond substituents is 1. The Hall–Kier alpha value is -2.07. The highest BCUT2D eigenvalue weighted by atomic mass is 127. The van der Waals surface area contributed by atoms with Gasteiger partial charge < -0.3 is 10.2 Å². The Bertz CT molecular complexity index is 704. The Morgan fingerprint density at radius 2 is 1.80 bits per heavy atom. The van der Waals surface area contributed by atoms with Gasteiger partial charge in [0.1, 0.15) is 11.6 Å². The summed E-state index contributed by atoms with van der Waals surface area (Å²) in [7, 11) is 0. The lowest BCUT2D eigenvalue weighted by atomic mass is 10.1. The van der Waals surface area contributed by atoms with E-state index >= 15 is 0 Å². The van der Waals surface area contributed by atoms with Gasteiger partial charge in [0, 0.05) is 15.2 Å². The van der Waals surface area contributed by atoms with Gasteiger partial charge in [-0.25, -0.2) is 9.18 Å². The van der Waals surface area contributed by atoms with E-state index in [9.17, 15) is 14.3 Å². The van der Waals surface area contributed by atoms with Crippen molar-refractivity contribution in [2.75, 3.05) is 0 Å². The maximum atomic E-state index is 13.6. The second-order valence-electron chi connectivity index (χ2n) is 3.92. The fraction of sp³-hybridized carbons (Fsp3) is 0. The number of carbonyl (C=O) groups is 1. The summed E-state index contributed by atoms with van der Waals surface area (Å²) in [5.41, 5.74) is 0.949. The van der Waals surface area contributed by atoms with Crippen LogP contribution in [0.3, 0.4) is 0 Å². The summed E-state index contributed by atoms with van der Waals surface area (Å²) >= 11 is 1.89. The van der Waals surface area contributed by atoms with Crippen molar-refractivity contribution in [1.29, 1.82) is 0 Å². The van der Waals surface area contributed by atoms with Gasteiger partial charge in [-0.2, -0.15) is 0 Å². The van der Waals surface area contributed by atoms with Crippen LogP contribution < -0.4 is 0 Å². The Morgan fingerprint density at radius 3 is 2.35 bits per heavy atom. The van der Waals surface area contributed by atoms with Crippen molar-refractivity contribution in [3.8, 4) is 17.6 Å². The number of hydrogen-bond donors (Lipinski definition) is 2. The first kappa shape index (κ1) is 14.3. The average Bonchev–Trinajstić information content (AvgIpc) is 2.38. The maximum Gasteiger partial charge on any atom is 0.335 e. The zero-order valence-electron chi connectivity index (χ0n) is 10.0. The molecule has 0 bridgehead atoms. The van der Waals surface area contributed by atoms with Crippen LogP contribution >= 0.6 is 22.6 Å². The number of benzene rings is 2. The highest BCUT2D eigenvalue weighted by molar-refractivity contribution is 14.1. The molecule has 20 heavy (non-hydrogen) atoms. The summed E-state index contributed by atoms with van der Waals surface area (Å²) in [5, 5.41) is 18.0. The molecule has 0 saturated carbocycles. The third kappa shape index (κ3) is 3.27. The third-order valence-corrected chi connectivity index (χ3v) is 3.34. The lowest BCUT2D eigenvalue weighted by Gasteiger charge is -1.99. The molecular formula is C15H8FIO3. The molecule has 0 radical (unpaired) electrons. The van der Waals surface area contributed by atoms with E-state index in [1.54, 1.807) is 12.1 Å². The van der Waals surface area contributed by atoms with Gasteiger partial charge in [-0.15, -0.1) is 0 Å². The largest absolute Gasteiger partial charge is 0.508 e. The zero-order chi connectivity index (χ0) is 14.7. The molecule has 0 heterocycles. The van der Waals surface area contributed by atoms with Gasteiger partial charge in [0.15, 0.2) is 0 Å². The van der Waals surface area contributed by atoms with Gasteiger partial charge in [0.2, 0.25) is 0 Å². The molecule has 0 aliphatic heterocycles. The van der Waals surface area contributed by atoms with Crippen LogP contribution in [0.5, 0.6) is 5.75 Å². The van der Waals surface area contributed by atoms with Crippen LogP contribution in [0.4, 0.5) is 4.39 Å². The molecule has 0 unspecified atom stereocenters. The van der Waals surface area contributed by atoms with E-state index in [-0.39, 0.29) is 16.9 Å². The minimum Gasteiger partial charge on any atom is -0.508 e. The first-order valence-electron chi connectivity index (χ1n) is 5.51. The number of phenols is 1. The van der Waals surface area contributed by atoms with Crippen molar-refractivity contribution in [3.05, 3.63) is 62.5 Å². The van der Waals surface area contributed by atoms with E-state index in [2.05, 4.69) is 11.8 Å². The van der Waals surface area contributed by atoms with Crippen LogP contribution in [0.1, 0.15) is 21.5 Å². The van der Waals surface area contributed by atoms with Crippen LogP contribution in [0.2, 0.25) is 0 Å². The van der Waals surface area contributed by atoms with Gasteiger partial charge >= 0.3 is 5.97 Å². The van der Waals surface area contributed by atoms with Crippen molar-refractivity contribution in [3.63, 3.8) is 0 Å². The first-order valence-corrected chi connectivity index (χ1v) is 6.58. The fourth-order valence-electron chi connectivity index (χ4n) is 1.51. The third-order valence-electron chi connectivity index (χ3n) is 2.49. The smallest absolute Gasteiger partial charge is 0.335 e. The molecule has 2 aromatic carbocycles. The second kappa shape index (κ2) is 5.92. The standard InChI is InChI=1S/C15H8FIO3/c16-13-7-11(18)8-14(17)12(13)6-3-9-1-4-10(5-2-9)15(19)20/h1-2,4-5,7-8,18H,(H,19,20). The molecule has 5 heteroatoms. The second-order valence-corrected chi connectivity index (χ2v) is 5.08. The monoisotopic (exact) mass is 382 g/mol. The summed E-state index contributed by atoms with van der Waals surface area (Å²) in [4.78, 5) is 10.7. The summed E-state index contributed by atoms with van der Waals surface area (Å²) in [6, 6.07) is 8.40. The maximum absolute atomic E-state index is 13.6. The molecule has 0 aliphatic carbocycles. The van der Waals surface area contributed by atoms with Crippen molar-refractivity contribution in [2.45, 2.75) is 0 Å². The van der Waals surface area contributed by atoms with Gasteiger partial charge in [0.25, 0.3) is 0 Å². The number of aromatic hydroxyl groups is 1. The van der Waals surface area contributed by atoms with E-state index in [1.807, 2.05) is 22.6 Å². The van der Waals surface area contributed by atoms with Crippen LogP contribution in [0, 0.1) is 21.2 Å². The zero-order valence-corrected chi connectivity index (χ0v) is 12.2. The van der Waals surface area contributed by atoms with E-state index in [0.29, 0.717) is 9.13 Å². The topological polar surface area (TPSA) is 57.5 Å². The normalized spacial score (nSPS) is 9.70. The molecule has 0 fully saturated rings. The predicted molar refractivity (Wildman–Crippen MR) is 80.2 cm³/mol. The summed E-state index contributed by atoms with van der Waals surface area (Å²) in [6.45, 7) is 0. The van der Waals surface area contributed by atoms with Gasteiger partial charge in [0.05, 0.1) is 11.1 Å². The average molecular weight is 382 g/mol. The molecule has 0 atom stereocenters. The highest BCUT2D eigenvalue weighted by Gasteiger charge is 2.06. The lowest BCUT2D eigenvalue weighted by Crippen LogP contribution is -1.95. The summed E-state index contributed by atoms with van der Waals surface area (Å²) < 4.78 is 14.1. The van der Waals surface area contributed by atoms with E-state index in [4.69, 9.17) is 5.11 Å². The van der Waals surface area contributed by atoms with E-state index < -0.39 is 11.8 Å². The molecule has 3 nitrogen and oxygen atoms in total. The molecule has 0 aliphatic rings. The predicted octanol–water partition coefficient (Wildman–Crippen LogP) is 3.23. The molecule has 2 N–H and O–H groups in total. The molecule has 100 valence electrons. The van der Waals surface area contributed by atoms with Gasteiger partial charge in [-0.1, -0.05) is 11.8 Å². The molecule has 2 rings (SSSR count). The number of rotatable bonds is 1. The minimum absolute atomic E-state index is 0.150. The molecule has 0 saturated heterocycles. The number of aromatic carboxylic acids is 1. The quantitative estimate of drug-likeness (QED) is 0.588. The first-order chi connectivity index (χ1) is 9.47. The van der Waals surface area contributed by atoms with Crippen LogP contribution in [0.25, 0.3) is 0 Å². The molecule has 0 aromatic heterocycles. The molecule has 0 amide bonds. The fourth-order valence-corrected chi connectivity index (χ4v) is 2.22. The van der Waals surface area contributed by atoms with E-state index in [0.717, 1.165) is 6.07 Å². The van der Waals surface area contributed by atoms with Crippen molar-refractivity contribution >= 4 is 28.6 Å². The van der Waals surface area contributed by atoms with Crippen molar-refractivity contribution in [2.24, 2.45) is 0 Å². The van der Waals surface area contributed by atoms with Crippen molar-refractivity contribution < 1.29 is 19.4 Å². The van der Waals surface area contributed by atoms with Crippen molar-refractivity contribution in [1.82, 2.24) is 0 Å². The van der Waals surface area contributed by atoms with E-state index in [1.165, 1.54) is 18.2 Å². The number of halogens is 2. The summed E-state index contributed by atoms with van der Waals surface area (Å²) in [5.74, 6) is 3.69. The lowest BCUT2D eigenvalue weighted by molar-refractivity contribution is 0.0697. The Balaban J connectivity index is 2.34. The van der Waals surface area contributed by atoms with Gasteiger partial charge in [-0.05, 0) is 52.9 Å². The number of carboxylic acids is 1. The van der Waals surface area contributed by atoms with Crippen LogP contribution in [-0.4, -0.2) is 16.2 Å². The SMILES string of the molecule is O=C(O)c1ccc(C#Cc2c(F)cc(O)cc2I)cc1. The van der Waals surface area contributed by atoms with Crippen LogP contribution in [-0.2, 0) is 0 Å². The Kier molecular flexibility index (Phi) is 4.25.